The summed E-state index contributed by atoms with van der Waals surface area (Å²) < 4.78 is 18.9. The van der Waals surface area contributed by atoms with Crippen LogP contribution in [0, 0.1) is 0 Å². The first-order valence-electron chi connectivity index (χ1n) is 4.81. The molecule has 94 valence electrons. The van der Waals surface area contributed by atoms with Gasteiger partial charge in [-0.05, 0) is 0 Å². The first-order valence-corrected chi connectivity index (χ1v) is 4.81. The third kappa shape index (κ3) is 1.99. The number of ether oxygens (including phenoxy) is 1. The third-order valence-corrected chi connectivity index (χ3v) is 2.45. The SMILES string of the molecule is O=c1cnn([C@H]2O[C@@H](CO)[C@H](F)[C@@H]2O)c(=O)[nH]1. The highest BCUT2D eigenvalue weighted by Gasteiger charge is 2.45. The molecular weight excluding hydrogens is 237 g/mol. The number of aliphatic hydroxyl groups excluding tert-OH is 2. The number of rotatable bonds is 2. The normalized spacial score (nSPS) is 32.9. The highest BCUT2D eigenvalue weighted by Crippen LogP contribution is 2.29. The number of aromatic nitrogens is 3. The van der Waals surface area contributed by atoms with Crippen LogP contribution < -0.4 is 11.2 Å². The summed E-state index contributed by atoms with van der Waals surface area (Å²) in [5.74, 6) is 0. The second-order valence-electron chi connectivity index (χ2n) is 3.57. The molecule has 0 amide bonds. The van der Waals surface area contributed by atoms with Crippen molar-refractivity contribution in [2.75, 3.05) is 6.61 Å². The molecule has 0 saturated carbocycles. The first kappa shape index (κ1) is 11.9. The van der Waals surface area contributed by atoms with Gasteiger partial charge in [-0.15, -0.1) is 0 Å². The highest BCUT2D eigenvalue weighted by atomic mass is 19.1. The van der Waals surface area contributed by atoms with E-state index in [9.17, 15) is 19.1 Å². The number of aromatic amines is 1. The maximum Gasteiger partial charge on any atom is 0.347 e. The van der Waals surface area contributed by atoms with Gasteiger partial charge in [0.2, 0.25) is 0 Å². The fourth-order valence-corrected chi connectivity index (χ4v) is 1.60. The fourth-order valence-electron chi connectivity index (χ4n) is 1.60. The van der Waals surface area contributed by atoms with Crippen LogP contribution in [0.4, 0.5) is 4.39 Å². The summed E-state index contributed by atoms with van der Waals surface area (Å²) in [6.45, 7) is -0.632. The molecule has 0 aliphatic carbocycles. The lowest BCUT2D eigenvalue weighted by atomic mass is 10.1. The summed E-state index contributed by atoms with van der Waals surface area (Å²) in [7, 11) is 0. The molecule has 0 aromatic carbocycles. The predicted molar refractivity (Wildman–Crippen MR) is 51.0 cm³/mol. The Morgan fingerprint density at radius 2 is 2.29 bits per heavy atom. The lowest BCUT2D eigenvalue weighted by molar-refractivity contribution is -0.0609. The Morgan fingerprint density at radius 1 is 1.59 bits per heavy atom. The number of aliphatic hydroxyl groups is 2. The minimum atomic E-state index is -1.83. The molecule has 1 fully saturated rings. The minimum Gasteiger partial charge on any atom is -0.394 e. The molecule has 0 radical (unpaired) electrons. The minimum absolute atomic E-state index is 0.619. The van der Waals surface area contributed by atoms with Crippen molar-refractivity contribution in [3.8, 4) is 0 Å². The Labute approximate surface area is 93.3 Å². The molecule has 4 atom stereocenters. The topological polar surface area (TPSA) is 117 Å². The zero-order valence-corrected chi connectivity index (χ0v) is 8.49. The summed E-state index contributed by atoms with van der Waals surface area (Å²) in [6, 6.07) is 0. The van der Waals surface area contributed by atoms with Crippen molar-refractivity contribution in [3.63, 3.8) is 0 Å². The summed E-state index contributed by atoms with van der Waals surface area (Å²) in [5.41, 5.74) is -1.64. The summed E-state index contributed by atoms with van der Waals surface area (Å²) >= 11 is 0. The lowest BCUT2D eigenvalue weighted by Crippen LogP contribution is -2.38. The van der Waals surface area contributed by atoms with E-state index in [2.05, 4.69) is 5.10 Å². The Balaban J connectivity index is 2.35. The van der Waals surface area contributed by atoms with E-state index in [0.717, 1.165) is 6.20 Å². The second-order valence-corrected chi connectivity index (χ2v) is 3.57. The second kappa shape index (κ2) is 4.35. The van der Waals surface area contributed by atoms with Crippen LogP contribution >= 0.6 is 0 Å². The van der Waals surface area contributed by atoms with Crippen LogP contribution in [0.2, 0.25) is 0 Å². The van der Waals surface area contributed by atoms with Gasteiger partial charge in [0.15, 0.2) is 12.4 Å². The van der Waals surface area contributed by atoms with E-state index in [-0.39, 0.29) is 0 Å². The third-order valence-electron chi connectivity index (χ3n) is 2.45. The van der Waals surface area contributed by atoms with Crippen LogP contribution in [0.3, 0.4) is 0 Å². The standard InChI is InChI=1S/C8H10FN3O5/c9-5-3(2-13)17-7(6(5)15)12-8(16)11-4(14)1-10-12/h1,3,5-7,13,15H,2H2,(H,11,14,16)/t3-,5-,6-,7-/m0/s1. The van der Waals surface area contributed by atoms with Gasteiger partial charge in [-0.2, -0.15) is 9.78 Å². The van der Waals surface area contributed by atoms with Crippen molar-refractivity contribution >= 4 is 0 Å². The van der Waals surface area contributed by atoms with E-state index in [0.29, 0.717) is 4.68 Å². The Hall–Kier alpha value is -1.58. The van der Waals surface area contributed by atoms with Crippen molar-refractivity contribution in [1.29, 1.82) is 0 Å². The van der Waals surface area contributed by atoms with Gasteiger partial charge < -0.3 is 14.9 Å². The van der Waals surface area contributed by atoms with Crippen LogP contribution in [0.5, 0.6) is 0 Å². The van der Waals surface area contributed by atoms with Crippen molar-refractivity contribution < 1.29 is 19.3 Å². The van der Waals surface area contributed by atoms with Gasteiger partial charge in [0, 0.05) is 0 Å². The zero-order chi connectivity index (χ0) is 12.6. The van der Waals surface area contributed by atoms with Gasteiger partial charge >= 0.3 is 5.69 Å². The number of alkyl halides is 1. The van der Waals surface area contributed by atoms with E-state index < -0.39 is 42.5 Å². The van der Waals surface area contributed by atoms with E-state index >= 15 is 0 Å². The van der Waals surface area contributed by atoms with Crippen LogP contribution in [0.15, 0.2) is 15.8 Å². The molecule has 0 bridgehead atoms. The fraction of sp³-hybridized carbons (Fsp3) is 0.625. The largest absolute Gasteiger partial charge is 0.394 e. The van der Waals surface area contributed by atoms with Crippen LogP contribution in [-0.2, 0) is 4.74 Å². The summed E-state index contributed by atoms with van der Waals surface area (Å²) in [6.07, 6.45) is -5.26. The molecule has 0 spiro atoms. The first-order chi connectivity index (χ1) is 8.04. The van der Waals surface area contributed by atoms with E-state index in [4.69, 9.17) is 9.84 Å². The van der Waals surface area contributed by atoms with Gasteiger partial charge in [0.1, 0.15) is 18.4 Å². The van der Waals surface area contributed by atoms with E-state index in [1.807, 2.05) is 4.98 Å². The Kier molecular flexibility index (Phi) is 3.05. The number of halogens is 1. The van der Waals surface area contributed by atoms with Crippen molar-refractivity contribution in [3.05, 3.63) is 27.0 Å². The predicted octanol–water partition coefficient (Wildman–Crippen LogP) is -2.48. The molecule has 1 saturated heterocycles. The van der Waals surface area contributed by atoms with Crippen LogP contribution in [0.1, 0.15) is 6.23 Å². The number of hydrogen-bond acceptors (Lipinski definition) is 6. The van der Waals surface area contributed by atoms with Crippen LogP contribution in [-0.4, -0.2) is 50.0 Å². The Morgan fingerprint density at radius 3 is 2.82 bits per heavy atom. The highest BCUT2D eigenvalue weighted by molar-refractivity contribution is 4.89. The molecule has 8 nitrogen and oxygen atoms in total. The molecule has 1 aromatic heterocycles. The number of hydrogen-bond donors (Lipinski definition) is 3. The summed E-state index contributed by atoms with van der Waals surface area (Å²) in [5, 5.41) is 21.7. The van der Waals surface area contributed by atoms with Gasteiger partial charge in [-0.1, -0.05) is 0 Å². The van der Waals surface area contributed by atoms with Crippen LogP contribution in [0.25, 0.3) is 0 Å². The number of H-pyrrole nitrogens is 1. The molecule has 1 aliphatic rings. The monoisotopic (exact) mass is 247 g/mol. The maximum absolute atomic E-state index is 13.4. The van der Waals surface area contributed by atoms with E-state index in [1.165, 1.54) is 0 Å². The average Bonchev–Trinajstić information content (AvgIpc) is 2.57. The molecule has 17 heavy (non-hydrogen) atoms. The van der Waals surface area contributed by atoms with Crippen molar-refractivity contribution in [2.24, 2.45) is 0 Å². The number of nitrogens with zero attached hydrogens (tertiary/aromatic N) is 2. The molecule has 3 N–H and O–H groups in total. The quantitative estimate of drug-likeness (QED) is 0.532. The average molecular weight is 247 g/mol. The van der Waals surface area contributed by atoms with Gasteiger partial charge in [0.05, 0.1) is 6.61 Å². The molecule has 1 aromatic rings. The van der Waals surface area contributed by atoms with Gasteiger partial charge in [0.25, 0.3) is 5.56 Å². The summed E-state index contributed by atoms with van der Waals surface area (Å²) in [4.78, 5) is 24.0. The smallest absolute Gasteiger partial charge is 0.347 e. The molecule has 2 rings (SSSR count). The Bertz CT molecular complexity index is 514. The van der Waals surface area contributed by atoms with E-state index in [1.54, 1.807) is 0 Å². The molecule has 2 heterocycles. The maximum atomic E-state index is 13.4. The molecular formula is C8H10FN3O5. The van der Waals surface area contributed by atoms with Gasteiger partial charge in [-0.25, -0.2) is 9.18 Å². The molecule has 9 heteroatoms. The zero-order valence-electron chi connectivity index (χ0n) is 8.49. The molecule has 0 unspecified atom stereocenters. The lowest BCUT2D eigenvalue weighted by Gasteiger charge is -2.14. The molecule has 1 aliphatic heterocycles. The number of nitrogens with one attached hydrogen (secondary N) is 1. The van der Waals surface area contributed by atoms with Gasteiger partial charge in [-0.3, -0.25) is 9.78 Å². The van der Waals surface area contributed by atoms with Crippen molar-refractivity contribution in [2.45, 2.75) is 24.6 Å². The van der Waals surface area contributed by atoms with Crippen molar-refractivity contribution in [1.82, 2.24) is 14.8 Å².